The first-order valence-electron chi connectivity index (χ1n) is 5.31. The van der Waals surface area contributed by atoms with Crippen LogP contribution in [0.1, 0.15) is 10.4 Å². The maximum atomic E-state index is 13.5. The molecule has 19 heavy (non-hydrogen) atoms. The van der Waals surface area contributed by atoms with Crippen LogP contribution in [0, 0.1) is 11.6 Å². The van der Waals surface area contributed by atoms with Gasteiger partial charge in [0.2, 0.25) is 5.91 Å². The first-order valence-corrected chi connectivity index (χ1v) is 5.31. The van der Waals surface area contributed by atoms with Gasteiger partial charge >= 0.3 is 0 Å². The van der Waals surface area contributed by atoms with Gasteiger partial charge < -0.3 is 21.5 Å². The van der Waals surface area contributed by atoms with Crippen LogP contribution in [-0.4, -0.2) is 31.6 Å². The van der Waals surface area contributed by atoms with Crippen LogP contribution >= 0.6 is 0 Å². The summed E-state index contributed by atoms with van der Waals surface area (Å²) in [6, 6.07) is 1.92. The monoisotopic (exact) mass is 273 g/mol. The van der Waals surface area contributed by atoms with Crippen LogP contribution in [0.25, 0.3) is 0 Å². The molecule has 0 atom stereocenters. The average Bonchev–Trinajstić information content (AvgIpc) is 2.33. The van der Waals surface area contributed by atoms with Crippen molar-refractivity contribution in [3.8, 4) is 0 Å². The number of nitrogens with two attached hydrogens (primary N) is 2. The number of hydrogen-bond acceptors (Lipinski definition) is 4. The zero-order valence-electron chi connectivity index (χ0n) is 9.91. The molecule has 0 aliphatic heterocycles. The van der Waals surface area contributed by atoms with Gasteiger partial charge in [-0.2, -0.15) is 0 Å². The molecule has 1 aromatic carbocycles. The van der Waals surface area contributed by atoms with Crippen molar-refractivity contribution in [2.45, 2.75) is 0 Å². The molecule has 104 valence electrons. The number of anilines is 1. The van der Waals surface area contributed by atoms with E-state index in [0.717, 1.165) is 12.1 Å². The van der Waals surface area contributed by atoms with Crippen molar-refractivity contribution in [1.82, 2.24) is 5.32 Å². The molecular formula is C11H13F2N3O3. The highest BCUT2D eigenvalue weighted by Crippen LogP contribution is 2.18. The van der Waals surface area contributed by atoms with Crippen LogP contribution in [-0.2, 0) is 9.53 Å². The second kappa shape index (κ2) is 6.64. The molecule has 0 bridgehead atoms. The lowest BCUT2D eigenvalue weighted by Crippen LogP contribution is -2.30. The Kier molecular flexibility index (Phi) is 5.19. The quantitative estimate of drug-likeness (QED) is 0.492. The summed E-state index contributed by atoms with van der Waals surface area (Å²) in [4.78, 5) is 21.9. The lowest BCUT2D eigenvalue weighted by Gasteiger charge is -2.08. The average molecular weight is 273 g/mol. The Hall–Kier alpha value is -2.22. The number of primary amides is 1. The van der Waals surface area contributed by atoms with Gasteiger partial charge in [0.15, 0.2) is 5.82 Å². The number of carbonyl (C=O) groups is 2. The third kappa shape index (κ3) is 4.18. The summed E-state index contributed by atoms with van der Waals surface area (Å²) in [5.41, 5.74) is 8.98. The van der Waals surface area contributed by atoms with Crippen LogP contribution in [0.4, 0.5) is 14.5 Å². The summed E-state index contributed by atoms with van der Waals surface area (Å²) in [5, 5.41) is 2.23. The van der Waals surface area contributed by atoms with Crippen molar-refractivity contribution in [2.24, 2.45) is 5.73 Å². The van der Waals surface area contributed by atoms with E-state index in [1.807, 2.05) is 0 Å². The summed E-state index contributed by atoms with van der Waals surface area (Å²) in [6.07, 6.45) is 0. The van der Waals surface area contributed by atoms with Gasteiger partial charge in [0.1, 0.15) is 18.0 Å². The van der Waals surface area contributed by atoms with Crippen molar-refractivity contribution >= 4 is 17.5 Å². The maximum Gasteiger partial charge on any atom is 0.257 e. The first kappa shape index (κ1) is 14.8. The SMILES string of the molecule is NC(=O)COCCNC(=O)c1c(F)ccc(N)c1F. The van der Waals surface area contributed by atoms with E-state index < -0.39 is 29.0 Å². The molecule has 6 nitrogen and oxygen atoms in total. The number of halogens is 2. The van der Waals surface area contributed by atoms with Crippen LogP contribution in [0.2, 0.25) is 0 Å². The van der Waals surface area contributed by atoms with Crippen LogP contribution in [0.15, 0.2) is 12.1 Å². The molecule has 1 rings (SSSR count). The van der Waals surface area contributed by atoms with Gasteiger partial charge in [0.25, 0.3) is 5.91 Å². The van der Waals surface area contributed by atoms with Gasteiger partial charge in [-0.05, 0) is 12.1 Å². The van der Waals surface area contributed by atoms with Crippen LogP contribution < -0.4 is 16.8 Å². The third-order valence-corrected chi connectivity index (χ3v) is 2.12. The zero-order chi connectivity index (χ0) is 14.4. The number of nitrogen functional groups attached to an aromatic ring is 1. The van der Waals surface area contributed by atoms with Gasteiger partial charge in [-0.1, -0.05) is 0 Å². The topological polar surface area (TPSA) is 107 Å². The van der Waals surface area contributed by atoms with Gasteiger partial charge in [-0.3, -0.25) is 9.59 Å². The van der Waals surface area contributed by atoms with E-state index in [9.17, 15) is 18.4 Å². The number of nitrogens with one attached hydrogen (secondary N) is 1. The summed E-state index contributed by atoms with van der Waals surface area (Å²) in [6.45, 7) is -0.336. The number of ether oxygens (including phenoxy) is 1. The van der Waals surface area contributed by atoms with Crippen molar-refractivity contribution < 1.29 is 23.1 Å². The van der Waals surface area contributed by atoms with E-state index in [2.05, 4.69) is 5.32 Å². The number of amides is 2. The third-order valence-electron chi connectivity index (χ3n) is 2.12. The lowest BCUT2D eigenvalue weighted by atomic mass is 10.1. The Morgan fingerprint density at radius 1 is 1.32 bits per heavy atom. The fourth-order valence-corrected chi connectivity index (χ4v) is 1.27. The highest BCUT2D eigenvalue weighted by molar-refractivity contribution is 5.95. The van der Waals surface area contributed by atoms with Crippen LogP contribution in [0.5, 0.6) is 0 Å². The van der Waals surface area contributed by atoms with E-state index in [4.69, 9.17) is 16.2 Å². The van der Waals surface area contributed by atoms with Gasteiger partial charge in [-0.25, -0.2) is 8.78 Å². The summed E-state index contributed by atoms with van der Waals surface area (Å²) < 4.78 is 31.6. The molecule has 0 radical (unpaired) electrons. The molecule has 8 heteroatoms. The van der Waals surface area contributed by atoms with Crippen molar-refractivity contribution in [3.63, 3.8) is 0 Å². The van der Waals surface area contributed by atoms with Gasteiger partial charge in [0, 0.05) is 6.54 Å². The minimum Gasteiger partial charge on any atom is -0.396 e. The summed E-state index contributed by atoms with van der Waals surface area (Å²) in [7, 11) is 0. The summed E-state index contributed by atoms with van der Waals surface area (Å²) >= 11 is 0. The number of rotatable bonds is 6. The highest BCUT2D eigenvalue weighted by atomic mass is 19.1. The normalized spacial score (nSPS) is 10.2. The van der Waals surface area contributed by atoms with Gasteiger partial charge in [0.05, 0.1) is 12.3 Å². The molecule has 0 saturated carbocycles. The minimum atomic E-state index is -1.12. The number of carbonyl (C=O) groups excluding carboxylic acids is 2. The van der Waals surface area contributed by atoms with E-state index in [-0.39, 0.29) is 25.4 Å². The van der Waals surface area contributed by atoms with Crippen LogP contribution in [0.3, 0.4) is 0 Å². The molecule has 0 fully saturated rings. The first-order chi connectivity index (χ1) is 8.93. The Bertz CT molecular complexity index is 494. The van der Waals surface area contributed by atoms with Crippen molar-refractivity contribution in [2.75, 3.05) is 25.5 Å². The largest absolute Gasteiger partial charge is 0.396 e. The fraction of sp³-hybridized carbons (Fsp3) is 0.273. The smallest absolute Gasteiger partial charge is 0.257 e. The second-order valence-corrected chi connectivity index (χ2v) is 3.60. The lowest BCUT2D eigenvalue weighted by molar-refractivity contribution is -0.122. The number of hydrogen-bond donors (Lipinski definition) is 3. The standard InChI is InChI=1S/C11H13F2N3O3/c12-6-1-2-7(14)10(13)9(6)11(18)16-3-4-19-5-8(15)17/h1-2H,3-5,14H2,(H2,15,17)(H,16,18). The van der Waals surface area contributed by atoms with E-state index in [1.54, 1.807) is 0 Å². The molecule has 1 aromatic rings. The fourth-order valence-electron chi connectivity index (χ4n) is 1.27. The predicted octanol–water partition coefficient (Wildman–Crippen LogP) is -0.221. The molecule has 5 N–H and O–H groups in total. The molecule has 0 heterocycles. The molecular weight excluding hydrogens is 260 g/mol. The van der Waals surface area contributed by atoms with E-state index in [1.165, 1.54) is 0 Å². The molecule has 0 saturated heterocycles. The number of benzene rings is 1. The Labute approximate surface area is 107 Å². The molecule has 0 aliphatic carbocycles. The predicted molar refractivity (Wildman–Crippen MR) is 63.1 cm³/mol. The van der Waals surface area contributed by atoms with E-state index >= 15 is 0 Å². The molecule has 0 aromatic heterocycles. The maximum absolute atomic E-state index is 13.5. The zero-order valence-corrected chi connectivity index (χ0v) is 9.91. The van der Waals surface area contributed by atoms with Crippen molar-refractivity contribution in [3.05, 3.63) is 29.3 Å². The molecule has 0 unspecified atom stereocenters. The Morgan fingerprint density at radius 2 is 2.00 bits per heavy atom. The summed E-state index contributed by atoms with van der Waals surface area (Å²) in [5.74, 6) is -3.73. The molecule has 0 aliphatic rings. The van der Waals surface area contributed by atoms with Crippen molar-refractivity contribution in [1.29, 1.82) is 0 Å². The Morgan fingerprint density at radius 3 is 2.63 bits per heavy atom. The molecule has 2 amide bonds. The van der Waals surface area contributed by atoms with E-state index in [0.29, 0.717) is 0 Å². The second-order valence-electron chi connectivity index (χ2n) is 3.60. The Balaban J connectivity index is 2.55. The highest BCUT2D eigenvalue weighted by Gasteiger charge is 2.18. The van der Waals surface area contributed by atoms with Gasteiger partial charge in [-0.15, -0.1) is 0 Å². The minimum absolute atomic E-state index is 0.0137. The molecule has 0 spiro atoms.